The Bertz CT molecular complexity index is 878. The van der Waals surface area contributed by atoms with Crippen LogP contribution in [0.1, 0.15) is 52.0 Å². The molecule has 2 fully saturated rings. The minimum Gasteiger partial charge on any atom is -0.459 e. The summed E-state index contributed by atoms with van der Waals surface area (Å²) >= 11 is 0. The number of aromatic nitrogens is 1. The summed E-state index contributed by atoms with van der Waals surface area (Å²) in [6, 6.07) is 6.68. The normalized spacial score (nSPS) is 26.4. The monoisotopic (exact) mass is 384 g/mol. The predicted octanol–water partition coefficient (Wildman–Crippen LogP) is 4.53. The molecule has 2 aromatic rings. The largest absolute Gasteiger partial charge is 0.459 e. The molecule has 0 amide bonds. The Morgan fingerprint density at radius 3 is 2.54 bits per heavy atom. The van der Waals surface area contributed by atoms with E-state index in [0.29, 0.717) is 17.8 Å². The van der Waals surface area contributed by atoms with E-state index in [1.165, 1.54) is 11.6 Å². The van der Waals surface area contributed by atoms with Gasteiger partial charge in [-0.15, -0.1) is 0 Å². The summed E-state index contributed by atoms with van der Waals surface area (Å²) in [7, 11) is 0. The molecule has 0 spiro atoms. The molecule has 2 aliphatic rings. The number of hydrogen-bond acceptors (Lipinski definition) is 4. The van der Waals surface area contributed by atoms with Crippen LogP contribution in [0.5, 0.6) is 0 Å². The Hall–Kier alpha value is -2.01. The molecule has 0 N–H and O–H groups in total. The lowest BCUT2D eigenvalue weighted by Gasteiger charge is -2.28. The smallest absolute Gasteiger partial charge is 0.323 e. The highest BCUT2D eigenvalue weighted by atomic mass is 19.1. The Morgan fingerprint density at radius 1 is 1.21 bits per heavy atom. The Morgan fingerprint density at radius 2 is 1.89 bits per heavy atom. The summed E-state index contributed by atoms with van der Waals surface area (Å²) in [5.74, 6) is 1.23. The van der Waals surface area contributed by atoms with Gasteiger partial charge >= 0.3 is 5.97 Å². The second-order valence-electron chi connectivity index (χ2n) is 9.41. The van der Waals surface area contributed by atoms with Crippen molar-refractivity contribution in [3.05, 3.63) is 41.8 Å². The van der Waals surface area contributed by atoms with Gasteiger partial charge in [0.25, 0.3) is 0 Å². The zero-order valence-electron chi connectivity index (χ0n) is 17.1. The fourth-order valence-corrected chi connectivity index (χ4v) is 4.94. The zero-order chi connectivity index (χ0) is 20.1. The third kappa shape index (κ3) is 3.77. The van der Waals surface area contributed by atoms with Crippen molar-refractivity contribution in [1.82, 2.24) is 9.88 Å². The van der Waals surface area contributed by atoms with Gasteiger partial charge in [-0.2, -0.15) is 0 Å². The average molecular weight is 384 g/mol. The number of hydrogen-bond donors (Lipinski definition) is 0. The fraction of sp³-hybridized carbons (Fsp3) is 0.565. The molecule has 4 nitrogen and oxygen atoms in total. The van der Waals surface area contributed by atoms with E-state index in [9.17, 15) is 9.18 Å². The van der Waals surface area contributed by atoms with Gasteiger partial charge in [0.2, 0.25) is 0 Å². The van der Waals surface area contributed by atoms with Crippen molar-refractivity contribution >= 4 is 16.9 Å². The molecule has 1 aliphatic heterocycles. The number of likely N-dealkylation sites (tertiary alicyclic amines) is 1. The van der Waals surface area contributed by atoms with Gasteiger partial charge in [0.15, 0.2) is 0 Å². The third-order valence-electron chi connectivity index (χ3n) is 6.25. The summed E-state index contributed by atoms with van der Waals surface area (Å²) in [4.78, 5) is 19.1. The van der Waals surface area contributed by atoms with Crippen molar-refractivity contribution < 1.29 is 13.9 Å². The number of nitrogens with zero attached hydrogens (tertiary/aromatic N) is 2. The van der Waals surface area contributed by atoms with E-state index in [2.05, 4.69) is 16.0 Å². The minimum atomic E-state index is -0.455. The summed E-state index contributed by atoms with van der Waals surface area (Å²) < 4.78 is 19.4. The highest BCUT2D eigenvalue weighted by molar-refractivity contribution is 5.82. The molecule has 1 aromatic carbocycles. The molecule has 1 aromatic heterocycles. The molecular weight excluding hydrogens is 355 g/mol. The van der Waals surface area contributed by atoms with Crippen LogP contribution >= 0.6 is 0 Å². The molecule has 2 heterocycles. The van der Waals surface area contributed by atoms with E-state index >= 15 is 0 Å². The highest BCUT2D eigenvalue weighted by Gasteiger charge is 2.44. The number of esters is 1. The average Bonchev–Trinajstić information content (AvgIpc) is 3.18. The first-order valence-corrected chi connectivity index (χ1v) is 10.2. The Labute approximate surface area is 166 Å². The molecule has 4 rings (SSSR count). The second kappa shape index (κ2) is 7.11. The van der Waals surface area contributed by atoms with Gasteiger partial charge < -0.3 is 4.74 Å². The third-order valence-corrected chi connectivity index (χ3v) is 6.25. The van der Waals surface area contributed by atoms with E-state index in [4.69, 9.17) is 4.74 Å². The summed E-state index contributed by atoms with van der Waals surface area (Å²) in [6.45, 7) is 9.53. The number of carbonyl (C=O) groups is 1. The van der Waals surface area contributed by atoms with Gasteiger partial charge in [-0.05, 0) is 88.1 Å². The van der Waals surface area contributed by atoms with Crippen LogP contribution in [0.4, 0.5) is 4.39 Å². The molecule has 0 bridgehead atoms. The van der Waals surface area contributed by atoms with Gasteiger partial charge in [-0.1, -0.05) is 0 Å². The lowest BCUT2D eigenvalue weighted by atomic mass is 9.93. The van der Waals surface area contributed by atoms with E-state index in [-0.39, 0.29) is 17.8 Å². The van der Waals surface area contributed by atoms with Gasteiger partial charge in [-0.25, -0.2) is 4.39 Å². The summed E-state index contributed by atoms with van der Waals surface area (Å²) in [5.41, 5.74) is 1.62. The first kappa shape index (κ1) is 19.3. The maximum Gasteiger partial charge on any atom is 0.323 e. The maximum absolute atomic E-state index is 13.8. The molecule has 5 heteroatoms. The number of ether oxygens (including phenoxy) is 1. The number of carbonyl (C=O) groups excluding carboxylic acids is 1. The highest BCUT2D eigenvalue weighted by Crippen LogP contribution is 2.47. The minimum absolute atomic E-state index is 0.139. The van der Waals surface area contributed by atoms with Crippen molar-refractivity contribution in [2.75, 3.05) is 13.1 Å². The SMILES string of the molecule is CC(C(=O)OC(C)(C)C)N1C[C@H]2CC(c3ccnc4ccc(F)cc34)C[C@H]2C1. The van der Waals surface area contributed by atoms with Crippen molar-refractivity contribution in [2.24, 2.45) is 11.8 Å². The summed E-state index contributed by atoms with van der Waals surface area (Å²) in [5, 5.41) is 0.937. The van der Waals surface area contributed by atoms with Crippen molar-refractivity contribution in [2.45, 2.75) is 58.1 Å². The lowest BCUT2D eigenvalue weighted by Crippen LogP contribution is -2.41. The van der Waals surface area contributed by atoms with Crippen LogP contribution in [0, 0.1) is 17.7 Å². The molecule has 0 radical (unpaired) electrons. The van der Waals surface area contributed by atoms with E-state index < -0.39 is 5.60 Å². The molecule has 1 saturated heterocycles. The van der Waals surface area contributed by atoms with E-state index in [0.717, 1.165) is 36.8 Å². The topological polar surface area (TPSA) is 42.4 Å². The van der Waals surface area contributed by atoms with Crippen LogP contribution in [0.3, 0.4) is 0 Å². The predicted molar refractivity (Wildman–Crippen MR) is 108 cm³/mol. The van der Waals surface area contributed by atoms with Crippen LogP contribution in [0.2, 0.25) is 0 Å². The first-order chi connectivity index (χ1) is 13.2. The number of benzene rings is 1. The molecule has 150 valence electrons. The van der Waals surface area contributed by atoms with Crippen LogP contribution in [-0.2, 0) is 9.53 Å². The van der Waals surface area contributed by atoms with Gasteiger partial charge in [0.1, 0.15) is 17.5 Å². The number of rotatable bonds is 3. The van der Waals surface area contributed by atoms with E-state index in [1.807, 2.05) is 33.9 Å². The van der Waals surface area contributed by atoms with Crippen LogP contribution in [0.25, 0.3) is 10.9 Å². The zero-order valence-corrected chi connectivity index (χ0v) is 17.1. The van der Waals surface area contributed by atoms with Crippen molar-refractivity contribution in [3.63, 3.8) is 0 Å². The maximum atomic E-state index is 13.8. The molecular formula is C23H29FN2O2. The number of halogens is 1. The second-order valence-corrected chi connectivity index (χ2v) is 9.41. The quantitative estimate of drug-likeness (QED) is 0.729. The first-order valence-electron chi connectivity index (χ1n) is 10.2. The molecule has 2 unspecified atom stereocenters. The standard InChI is InChI=1S/C23H29FN2O2/c1-14(22(27)28-23(2,3)4)26-12-16-9-15(10-17(16)13-26)19-7-8-25-21-6-5-18(24)11-20(19)21/h5-8,11,14-17H,9-10,12-13H2,1-4H3/t14?,15?,16-,17+. The Kier molecular flexibility index (Phi) is 4.90. The molecule has 1 saturated carbocycles. The Balaban J connectivity index is 1.45. The van der Waals surface area contributed by atoms with Gasteiger partial charge in [0.05, 0.1) is 5.52 Å². The van der Waals surface area contributed by atoms with Crippen LogP contribution in [0.15, 0.2) is 30.5 Å². The van der Waals surface area contributed by atoms with Gasteiger partial charge in [-0.3, -0.25) is 14.7 Å². The van der Waals surface area contributed by atoms with Crippen LogP contribution < -0.4 is 0 Å². The van der Waals surface area contributed by atoms with E-state index in [1.54, 1.807) is 12.1 Å². The van der Waals surface area contributed by atoms with Crippen molar-refractivity contribution in [3.8, 4) is 0 Å². The number of pyridine rings is 1. The summed E-state index contributed by atoms with van der Waals surface area (Å²) in [6.07, 6.45) is 4.00. The van der Waals surface area contributed by atoms with Crippen molar-refractivity contribution in [1.29, 1.82) is 0 Å². The fourth-order valence-electron chi connectivity index (χ4n) is 4.94. The molecule has 1 aliphatic carbocycles. The van der Waals surface area contributed by atoms with Gasteiger partial charge in [0, 0.05) is 24.7 Å². The van der Waals surface area contributed by atoms with Crippen LogP contribution in [-0.4, -0.2) is 40.6 Å². The molecule has 4 atom stereocenters. The number of fused-ring (bicyclic) bond motifs is 2. The molecule has 28 heavy (non-hydrogen) atoms. The lowest BCUT2D eigenvalue weighted by molar-refractivity contribution is -0.160.